The zero-order valence-corrected chi connectivity index (χ0v) is 12.6. The normalized spacial score (nSPS) is 14.0. The third-order valence-electron chi connectivity index (χ3n) is 2.85. The van der Waals surface area contributed by atoms with Gasteiger partial charge in [-0.05, 0) is 13.3 Å². The van der Waals surface area contributed by atoms with Gasteiger partial charge in [0, 0.05) is 17.6 Å². The number of thiazole rings is 1. The zero-order chi connectivity index (χ0) is 14.0. The molecule has 0 aromatic carbocycles. The fourth-order valence-electron chi connectivity index (χ4n) is 1.94. The van der Waals surface area contributed by atoms with E-state index >= 15 is 0 Å². The number of unbranched alkanes of at least 4 members (excludes halogenated alkanes) is 1. The Balaban J connectivity index is 2.28. The Morgan fingerprint density at radius 2 is 2.32 bits per heavy atom. The molecule has 0 fully saturated rings. The Morgan fingerprint density at radius 3 is 3.00 bits per heavy atom. The summed E-state index contributed by atoms with van der Waals surface area (Å²) in [6.07, 6.45) is 4.49. The predicted molar refractivity (Wildman–Crippen MR) is 76.8 cm³/mol. The Hall–Kier alpha value is -1.12. The zero-order valence-electron chi connectivity index (χ0n) is 11.0. The molecule has 0 aliphatic carbocycles. The second-order valence-electron chi connectivity index (χ2n) is 4.52. The minimum absolute atomic E-state index is 0.0344. The molecular weight excluding hydrogens is 284 g/mol. The molecule has 0 radical (unpaired) electrons. The third kappa shape index (κ3) is 2.90. The number of nitrogens with zero attached hydrogens (tertiary/aromatic N) is 2. The molecule has 2 aromatic rings. The third-order valence-corrected chi connectivity index (χ3v) is 5.23. The molecule has 1 unspecified atom stereocenters. The number of nitrogen functional groups attached to an aromatic ring is 1. The lowest BCUT2D eigenvalue weighted by molar-refractivity contribution is 0.531. The van der Waals surface area contributed by atoms with Crippen molar-refractivity contribution in [1.82, 2.24) is 14.1 Å². The van der Waals surface area contributed by atoms with E-state index in [4.69, 9.17) is 5.73 Å². The summed E-state index contributed by atoms with van der Waals surface area (Å²) >= 11 is 1.35. The molecule has 0 saturated heterocycles. The number of anilines is 1. The highest BCUT2D eigenvalue weighted by molar-refractivity contribution is 7.89. The van der Waals surface area contributed by atoms with E-state index in [9.17, 15) is 8.42 Å². The molecule has 0 aliphatic heterocycles. The lowest BCUT2D eigenvalue weighted by atomic mass is 10.2. The molecule has 0 amide bonds. The van der Waals surface area contributed by atoms with Gasteiger partial charge in [-0.15, -0.1) is 11.3 Å². The molecule has 0 aliphatic rings. The van der Waals surface area contributed by atoms with Crippen molar-refractivity contribution in [2.45, 2.75) is 44.2 Å². The average Bonchev–Trinajstić information content (AvgIpc) is 2.84. The van der Waals surface area contributed by atoms with Crippen molar-refractivity contribution in [1.29, 1.82) is 0 Å². The Labute approximate surface area is 116 Å². The quantitative estimate of drug-likeness (QED) is 0.852. The summed E-state index contributed by atoms with van der Waals surface area (Å²) in [5.41, 5.74) is 5.72. The minimum atomic E-state index is -3.64. The summed E-state index contributed by atoms with van der Waals surface area (Å²) in [7, 11) is -3.64. The Kier molecular flexibility index (Phi) is 4.12. The smallest absolute Gasteiger partial charge is 0.260 e. The van der Waals surface area contributed by atoms with Crippen LogP contribution in [0.5, 0.6) is 0 Å². The highest BCUT2D eigenvalue weighted by atomic mass is 32.2. The molecule has 1 atom stereocenters. The summed E-state index contributed by atoms with van der Waals surface area (Å²) in [6.45, 7) is 3.93. The van der Waals surface area contributed by atoms with Crippen molar-refractivity contribution >= 4 is 32.1 Å². The molecule has 8 heteroatoms. The van der Waals surface area contributed by atoms with Gasteiger partial charge in [0.15, 0.2) is 15.8 Å². The first-order chi connectivity index (χ1) is 8.95. The molecule has 106 valence electrons. The SMILES string of the molecule is CCCCC(C)NS(=O)(=O)c1c(N)nc2sccn12. The van der Waals surface area contributed by atoms with Gasteiger partial charge in [0.05, 0.1) is 0 Å². The van der Waals surface area contributed by atoms with Crippen molar-refractivity contribution in [3.05, 3.63) is 11.6 Å². The van der Waals surface area contributed by atoms with E-state index < -0.39 is 10.0 Å². The molecule has 0 spiro atoms. The molecule has 3 N–H and O–H groups in total. The molecule has 2 heterocycles. The number of sulfonamides is 1. The number of aromatic nitrogens is 2. The second-order valence-corrected chi connectivity index (χ2v) is 7.02. The van der Waals surface area contributed by atoms with Gasteiger partial charge >= 0.3 is 0 Å². The van der Waals surface area contributed by atoms with Gasteiger partial charge in [0.1, 0.15) is 0 Å². The maximum absolute atomic E-state index is 12.4. The van der Waals surface area contributed by atoms with Gasteiger partial charge in [0.2, 0.25) is 0 Å². The monoisotopic (exact) mass is 302 g/mol. The van der Waals surface area contributed by atoms with Crippen LogP contribution in [-0.2, 0) is 10.0 Å². The number of imidazole rings is 1. The Morgan fingerprint density at radius 1 is 1.58 bits per heavy atom. The fourth-order valence-corrected chi connectivity index (χ4v) is 4.20. The lowest BCUT2D eigenvalue weighted by Gasteiger charge is -2.13. The predicted octanol–water partition coefficient (Wildman–Crippen LogP) is 1.84. The van der Waals surface area contributed by atoms with Crippen molar-refractivity contribution in [3.8, 4) is 0 Å². The van der Waals surface area contributed by atoms with Crippen LogP contribution in [0.2, 0.25) is 0 Å². The second kappa shape index (κ2) is 5.48. The van der Waals surface area contributed by atoms with Crippen LogP contribution in [0.3, 0.4) is 0 Å². The lowest BCUT2D eigenvalue weighted by Crippen LogP contribution is -2.33. The van der Waals surface area contributed by atoms with Crippen LogP contribution in [-0.4, -0.2) is 23.8 Å². The highest BCUT2D eigenvalue weighted by Gasteiger charge is 2.25. The van der Waals surface area contributed by atoms with Crippen LogP contribution in [0.15, 0.2) is 16.6 Å². The average molecular weight is 302 g/mol. The topological polar surface area (TPSA) is 89.5 Å². The largest absolute Gasteiger partial charge is 0.381 e. The minimum Gasteiger partial charge on any atom is -0.381 e. The van der Waals surface area contributed by atoms with Crippen LogP contribution in [0.25, 0.3) is 4.96 Å². The summed E-state index contributed by atoms with van der Waals surface area (Å²) in [5.74, 6) is 0.0436. The van der Waals surface area contributed by atoms with E-state index in [1.54, 1.807) is 11.6 Å². The van der Waals surface area contributed by atoms with Crippen LogP contribution in [0.4, 0.5) is 5.82 Å². The summed E-state index contributed by atoms with van der Waals surface area (Å²) in [4.78, 5) is 4.63. The first-order valence-corrected chi connectivity index (χ1v) is 8.55. The van der Waals surface area contributed by atoms with Gasteiger partial charge in [0.25, 0.3) is 10.0 Å². The standard InChI is InChI=1S/C11H18N4O2S2/c1-3-4-5-8(2)14-19(16,17)10-9(12)13-11-15(10)6-7-18-11/h6-8,14H,3-5,12H2,1-2H3. The molecule has 19 heavy (non-hydrogen) atoms. The van der Waals surface area contributed by atoms with E-state index in [0.717, 1.165) is 19.3 Å². The van der Waals surface area contributed by atoms with Crippen LogP contribution in [0.1, 0.15) is 33.1 Å². The van der Waals surface area contributed by atoms with Crippen molar-refractivity contribution < 1.29 is 8.42 Å². The number of hydrogen-bond donors (Lipinski definition) is 2. The number of nitrogens with one attached hydrogen (secondary N) is 1. The van der Waals surface area contributed by atoms with Gasteiger partial charge in [-0.2, -0.15) is 0 Å². The first kappa shape index (κ1) is 14.3. The molecule has 6 nitrogen and oxygen atoms in total. The van der Waals surface area contributed by atoms with Gasteiger partial charge in [-0.1, -0.05) is 19.8 Å². The molecule has 2 rings (SSSR count). The van der Waals surface area contributed by atoms with E-state index in [-0.39, 0.29) is 16.9 Å². The van der Waals surface area contributed by atoms with Crippen LogP contribution < -0.4 is 10.5 Å². The van der Waals surface area contributed by atoms with Gasteiger partial charge in [-0.3, -0.25) is 4.40 Å². The first-order valence-electron chi connectivity index (χ1n) is 6.19. The number of rotatable bonds is 6. The molecular formula is C11H18N4O2S2. The molecule has 0 bridgehead atoms. The van der Waals surface area contributed by atoms with Crippen molar-refractivity contribution in [2.24, 2.45) is 0 Å². The number of fused-ring (bicyclic) bond motifs is 1. The maximum Gasteiger partial charge on any atom is 0.260 e. The van der Waals surface area contributed by atoms with Gasteiger partial charge in [-0.25, -0.2) is 18.1 Å². The van der Waals surface area contributed by atoms with E-state index in [2.05, 4.69) is 16.6 Å². The van der Waals surface area contributed by atoms with E-state index in [0.29, 0.717) is 4.96 Å². The van der Waals surface area contributed by atoms with Crippen LogP contribution in [0, 0.1) is 0 Å². The summed E-state index contributed by atoms with van der Waals surface area (Å²) < 4.78 is 28.9. The van der Waals surface area contributed by atoms with Gasteiger partial charge < -0.3 is 5.73 Å². The van der Waals surface area contributed by atoms with E-state index in [1.165, 1.54) is 15.7 Å². The maximum atomic E-state index is 12.4. The fraction of sp³-hybridized carbons (Fsp3) is 0.545. The molecule has 2 aromatic heterocycles. The number of nitrogens with two attached hydrogens (primary N) is 1. The number of hydrogen-bond acceptors (Lipinski definition) is 5. The van der Waals surface area contributed by atoms with Crippen LogP contribution >= 0.6 is 11.3 Å². The highest BCUT2D eigenvalue weighted by Crippen LogP contribution is 2.23. The van der Waals surface area contributed by atoms with Crippen molar-refractivity contribution in [2.75, 3.05) is 5.73 Å². The molecule has 0 saturated carbocycles. The summed E-state index contributed by atoms with van der Waals surface area (Å²) in [6, 6.07) is -0.117. The summed E-state index contributed by atoms with van der Waals surface area (Å²) in [5, 5.41) is 1.81. The van der Waals surface area contributed by atoms with E-state index in [1.807, 2.05) is 6.92 Å². The van der Waals surface area contributed by atoms with Crippen molar-refractivity contribution in [3.63, 3.8) is 0 Å². The Bertz CT molecular complexity index is 659.